The molecule has 4 N–H and O–H groups in total. The predicted molar refractivity (Wildman–Crippen MR) is 103 cm³/mol. The molecule has 6 nitrogen and oxygen atoms in total. The number of amides is 1. The predicted octanol–water partition coefficient (Wildman–Crippen LogP) is 3.08. The molecule has 2 rings (SSSR count). The van der Waals surface area contributed by atoms with Gasteiger partial charge in [0.15, 0.2) is 0 Å². The number of halogens is 1. The van der Waals surface area contributed by atoms with E-state index in [2.05, 4.69) is 5.32 Å². The third-order valence-electron chi connectivity index (χ3n) is 3.83. The second kappa shape index (κ2) is 9.91. The Morgan fingerprint density at radius 2 is 1.79 bits per heavy atom. The lowest BCUT2D eigenvalue weighted by Gasteiger charge is -2.11. The molecule has 146 valence electrons. The molecule has 0 fully saturated rings. The number of hydrogen-bond acceptors (Lipinski definition) is 4. The fourth-order valence-corrected chi connectivity index (χ4v) is 2.24. The average molecular weight is 384 g/mol. The monoisotopic (exact) mass is 384 g/mol. The summed E-state index contributed by atoms with van der Waals surface area (Å²) in [5, 5.41) is 11.6. The maximum atomic E-state index is 13.6. The first-order valence-corrected chi connectivity index (χ1v) is 8.47. The summed E-state index contributed by atoms with van der Waals surface area (Å²) in [6.45, 7) is 1.94. The first kappa shape index (κ1) is 20.7. The highest BCUT2D eigenvalue weighted by Crippen LogP contribution is 2.14. The second-order valence-electron chi connectivity index (χ2n) is 6.01. The summed E-state index contributed by atoms with van der Waals surface area (Å²) in [4.78, 5) is 23.3. The molecule has 0 aliphatic heterocycles. The van der Waals surface area contributed by atoms with E-state index >= 15 is 0 Å². The van der Waals surface area contributed by atoms with Crippen molar-refractivity contribution in [2.75, 3.05) is 6.61 Å². The van der Waals surface area contributed by atoms with Crippen molar-refractivity contribution in [1.82, 2.24) is 5.32 Å². The number of carbonyl (C=O) groups is 2. The van der Waals surface area contributed by atoms with Crippen LogP contribution in [-0.2, 0) is 11.3 Å². The van der Waals surface area contributed by atoms with Crippen LogP contribution in [0, 0.1) is 6.92 Å². The molecule has 0 saturated heterocycles. The SMILES string of the molecule is Cc1ccc(OC/C(=C\C(F)=C/N)C(=O)NCc2ccc(C(=O)O)cc2)cc1. The number of rotatable bonds is 8. The Kier molecular flexibility index (Phi) is 7.33. The van der Waals surface area contributed by atoms with Crippen molar-refractivity contribution >= 4 is 11.9 Å². The number of hydrogen-bond donors (Lipinski definition) is 3. The van der Waals surface area contributed by atoms with E-state index in [0.717, 1.165) is 17.8 Å². The number of aromatic carboxylic acids is 1. The topological polar surface area (TPSA) is 102 Å². The number of aryl methyl sites for hydroxylation is 1. The largest absolute Gasteiger partial charge is 0.489 e. The molecular formula is C21H21FN2O4. The number of nitrogens with two attached hydrogens (primary N) is 1. The van der Waals surface area contributed by atoms with Gasteiger partial charge in [0.2, 0.25) is 0 Å². The van der Waals surface area contributed by atoms with Crippen LogP contribution >= 0.6 is 0 Å². The van der Waals surface area contributed by atoms with Crippen molar-refractivity contribution in [3.05, 3.63) is 88.9 Å². The number of allylic oxidation sites excluding steroid dienone is 2. The highest BCUT2D eigenvalue weighted by atomic mass is 19.1. The molecule has 0 aliphatic rings. The normalized spacial score (nSPS) is 11.8. The van der Waals surface area contributed by atoms with Crippen molar-refractivity contribution in [2.45, 2.75) is 13.5 Å². The molecular weight excluding hydrogens is 363 g/mol. The van der Waals surface area contributed by atoms with E-state index in [1.165, 1.54) is 12.1 Å². The zero-order valence-electron chi connectivity index (χ0n) is 15.3. The van der Waals surface area contributed by atoms with E-state index in [0.29, 0.717) is 11.3 Å². The molecule has 0 spiro atoms. The summed E-state index contributed by atoms with van der Waals surface area (Å²) >= 11 is 0. The lowest BCUT2D eigenvalue weighted by atomic mass is 10.1. The van der Waals surface area contributed by atoms with Crippen LogP contribution in [0.3, 0.4) is 0 Å². The van der Waals surface area contributed by atoms with E-state index < -0.39 is 17.7 Å². The van der Waals surface area contributed by atoms with Gasteiger partial charge < -0.3 is 20.9 Å². The van der Waals surface area contributed by atoms with Crippen molar-refractivity contribution in [1.29, 1.82) is 0 Å². The number of nitrogens with one attached hydrogen (secondary N) is 1. The zero-order valence-corrected chi connectivity index (χ0v) is 15.3. The van der Waals surface area contributed by atoms with Crippen LogP contribution in [-0.4, -0.2) is 23.6 Å². The average Bonchev–Trinajstić information content (AvgIpc) is 2.70. The van der Waals surface area contributed by atoms with Crippen molar-refractivity contribution in [2.24, 2.45) is 5.73 Å². The summed E-state index contributed by atoms with van der Waals surface area (Å²) in [6, 6.07) is 13.3. The fourth-order valence-electron chi connectivity index (χ4n) is 2.24. The van der Waals surface area contributed by atoms with E-state index in [4.69, 9.17) is 15.6 Å². The summed E-state index contributed by atoms with van der Waals surface area (Å²) in [6.07, 6.45) is 1.76. The smallest absolute Gasteiger partial charge is 0.335 e. The number of carboxylic acid groups (broad SMARTS) is 1. The summed E-state index contributed by atoms with van der Waals surface area (Å²) in [5.41, 5.74) is 7.12. The molecule has 2 aromatic rings. The van der Waals surface area contributed by atoms with Gasteiger partial charge in [0, 0.05) is 12.7 Å². The lowest BCUT2D eigenvalue weighted by Crippen LogP contribution is -2.27. The number of ether oxygens (including phenoxy) is 1. The quantitative estimate of drug-likeness (QED) is 0.480. The second-order valence-corrected chi connectivity index (χ2v) is 6.01. The maximum absolute atomic E-state index is 13.6. The molecule has 2 aromatic carbocycles. The Morgan fingerprint density at radius 1 is 1.14 bits per heavy atom. The Morgan fingerprint density at radius 3 is 2.36 bits per heavy atom. The lowest BCUT2D eigenvalue weighted by molar-refractivity contribution is -0.118. The van der Waals surface area contributed by atoms with Gasteiger partial charge in [-0.2, -0.15) is 0 Å². The molecule has 0 radical (unpaired) electrons. The Labute approximate surface area is 162 Å². The van der Waals surface area contributed by atoms with Crippen LogP contribution in [0.1, 0.15) is 21.5 Å². The third kappa shape index (κ3) is 6.28. The van der Waals surface area contributed by atoms with E-state index in [-0.39, 0.29) is 24.3 Å². The Bertz CT molecular complexity index is 888. The number of benzene rings is 2. The van der Waals surface area contributed by atoms with Crippen molar-refractivity contribution < 1.29 is 23.8 Å². The molecule has 0 aliphatic carbocycles. The first-order chi connectivity index (χ1) is 13.4. The number of carbonyl (C=O) groups excluding carboxylic acids is 1. The minimum Gasteiger partial charge on any atom is -0.489 e. The zero-order chi connectivity index (χ0) is 20.5. The molecule has 28 heavy (non-hydrogen) atoms. The fraction of sp³-hybridized carbons (Fsp3) is 0.143. The van der Waals surface area contributed by atoms with Crippen LogP contribution in [0.25, 0.3) is 0 Å². The summed E-state index contributed by atoms with van der Waals surface area (Å²) < 4.78 is 19.1. The van der Waals surface area contributed by atoms with Crippen molar-refractivity contribution in [3.63, 3.8) is 0 Å². The van der Waals surface area contributed by atoms with Crippen LogP contribution < -0.4 is 15.8 Å². The van der Waals surface area contributed by atoms with Crippen LogP contribution in [0.2, 0.25) is 0 Å². The van der Waals surface area contributed by atoms with Gasteiger partial charge in [0.05, 0.1) is 11.1 Å². The van der Waals surface area contributed by atoms with Gasteiger partial charge in [-0.15, -0.1) is 0 Å². The summed E-state index contributed by atoms with van der Waals surface area (Å²) in [5.74, 6) is -1.77. The van der Waals surface area contributed by atoms with E-state index in [1.807, 2.05) is 19.1 Å². The van der Waals surface area contributed by atoms with E-state index in [9.17, 15) is 14.0 Å². The Hall–Kier alpha value is -3.61. The summed E-state index contributed by atoms with van der Waals surface area (Å²) in [7, 11) is 0. The van der Waals surface area contributed by atoms with Gasteiger partial charge in [-0.25, -0.2) is 9.18 Å². The van der Waals surface area contributed by atoms with Gasteiger partial charge >= 0.3 is 5.97 Å². The van der Waals surface area contributed by atoms with Crippen molar-refractivity contribution in [3.8, 4) is 5.75 Å². The molecule has 0 unspecified atom stereocenters. The third-order valence-corrected chi connectivity index (χ3v) is 3.83. The molecule has 0 bridgehead atoms. The standard InChI is InChI=1S/C21H21FN2O4/c1-14-2-8-19(9-3-14)28-13-17(10-18(22)11-23)20(25)24-12-15-4-6-16(7-5-15)21(26)27/h2-11H,12-13,23H2,1H3,(H,24,25)(H,26,27)/b17-10+,18-11+. The first-order valence-electron chi connectivity index (χ1n) is 8.47. The molecule has 0 aromatic heterocycles. The van der Waals surface area contributed by atoms with Crippen LogP contribution in [0.5, 0.6) is 5.75 Å². The van der Waals surface area contributed by atoms with Gasteiger partial charge in [0.25, 0.3) is 5.91 Å². The molecule has 0 heterocycles. The number of carboxylic acids is 1. The van der Waals surface area contributed by atoms with Crippen LogP contribution in [0.4, 0.5) is 4.39 Å². The Balaban J connectivity index is 2.03. The highest BCUT2D eigenvalue weighted by Gasteiger charge is 2.12. The molecule has 7 heteroatoms. The van der Waals surface area contributed by atoms with Gasteiger partial charge in [-0.05, 0) is 42.8 Å². The molecule has 0 atom stereocenters. The molecule has 1 amide bonds. The minimum atomic E-state index is -1.03. The maximum Gasteiger partial charge on any atom is 0.335 e. The van der Waals surface area contributed by atoms with Gasteiger partial charge in [-0.1, -0.05) is 29.8 Å². The minimum absolute atomic E-state index is 0.0573. The van der Waals surface area contributed by atoms with Crippen LogP contribution in [0.15, 0.2) is 72.2 Å². The van der Waals surface area contributed by atoms with E-state index in [1.54, 1.807) is 24.3 Å². The van der Waals surface area contributed by atoms with Gasteiger partial charge in [0.1, 0.15) is 18.2 Å². The highest BCUT2D eigenvalue weighted by molar-refractivity contribution is 5.94. The molecule has 0 saturated carbocycles. The van der Waals surface area contributed by atoms with Gasteiger partial charge in [-0.3, -0.25) is 4.79 Å².